The van der Waals surface area contributed by atoms with E-state index in [0.717, 1.165) is 5.69 Å². The molecular formula is C7H6N2S. The fourth-order valence-electron chi connectivity index (χ4n) is 0.638. The molecule has 0 saturated heterocycles. The molecule has 0 radical (unpaired) electrons. The fourth-order valence-corrected chi connectivity index (χ4v) is 0.731. The molecule has 1 aromatic rings. The van der Waals surface area contributed by atoms with Gasteiger partial charge >= 0.3 is 0 Å². The minimum Gasteiger partial charge on any atom is -0.233 e. The molecule has 0 aliphatic heterocycles. The van der Waals surface area contributed by atoms with E-state index >= 15 is 0 Å². The summed E-state index contributed by atoms with van der Waals surface area (Å²) in [6, 6.07) is 5.57. The molecule has 0 aliphatic carbocycles. The molecule has 1 heterocycles. The second-order valence-corrected chi connectivity index (χ2v) is 2.02. The number of aliphatic imine (C=N–C) groups is 1. The molecule has 50 valence electrons. The predicted molar refractivity (Wildman–Crippen MR) is 43.7 cm³/mol. The van der Waals surface area contributed by atoms with Crippen LogP contribution in [0.4, 0.5) is 5.82 Å². The summed E-state index contributed by atoms with van der Waals surface area (Å²) in [5.41, 5.74) is 0.937. The molecule has 0 unspecified atom stereocenters. The average Bonchev–Trinajstić information content (AvgIpc) is 1.88. The van der Waals surface area contributed by atoms with Crippen LogP contribution < -0.4 is 0 Å². The van der Waals surface area contributed by atoms with Crippen LogP contribution in [0.15, 0.2) is 23.2 Å². The summed E-state index contributed by atoms with van der Waals surface area (Å²) < 4.78 is 0. The van der Waals surface area contributed by atoms with Gasteiger partial charge < -0.3 is 0 Å². The van der Waals surface area contributed by atoms with Crippen molar-refractivity contribution in [1.82, 2.24) is 4.98 Å². The van der Waals surface area contributed by atoms with Gasteiger partial charge in [-0.3, -0.25) is 0 Å². The molecule has 0 bridgehead atoms. The Balaban J connectivity index is 3.06. The number of thiocarbonyl (C=S) groups is 1. The standard InChI is InChI=1S/C7H6N2S/c1-6-3-2-4-7(9-6)8-5-10/h2-4H,1H3. The highest BCUT2D eigenvalue weighted by molar-refractivity contribution is 7.78. The Labute approximate surface area is 64.6 Å². The minimum absolute atomic E-state index is 0.620. The molecule has 1 aromatic heterocycles. The zero-order valence-corrected chi connectivity index (χ0v) is 6.35. The number of hydrogen-bond donors (Lipinski definition) is 0. The Morgan fingerprint density at radius 2 is 2.40 bits per heavy atom. The highest BCUT2D eigenvalue weighted by Gasteiger charge is 1.87. The van der Waals surface area contributed by atoms with Crippen LogP contribution in [0.3, 0.4) is 0 Å². The van der Waals surface area contributed by atoms with Gasteiger partial charge in [-0.15, -0.1) is 0 Å². The Hall–Kier alpha value is -1.05. The summed E-state index contributed by atoms with van der Waals surface area (Å²) in [5, 5.41) is 2.26. The predicted octanol–water partition coefficient (Wildman–Crippen LogP) is 2.12. The third-order valence-corrected chi connectivity index (χ3v) is 1.13. The van der Waals surface area contributed by atoms with Gasteiger partial charge in [-0.05, 0) is 31.3 Å². The molecule has 2 nitrogen and oxygen atoms in total. The summed E-state index contributed by atoms with van der Waals surface area (Å²) in [6.45, 7) is 1.91. The van der Waals surface area contributed by atoms with Gasteiger partial charge in [0.2, 0.25) is 0 Å². The van der Waals surface area contributed by atoms with Gasteiger partial charge in [0.25, 0.3) is 0 Å². The van der Waals surface area contributed by atoms with Crippen molar-refractivity contribution < 1.29 is 0 Å². The number of rotatable bonds is 1. The maximum absolute atomic E-state index is 4.42. The molecule has 0 saturated carbocycles. The Bertz CT molecular complexity index is 277. The van der Waals surface area contributed by atoms with Crippen molar-refractivity contribution >= 4 is 23.2 Å². The number of aromatic nitrogens is 1. The van der Waals surface area contributed by atoms with Crippen molar-refractivity contribution in [2.75, 3.05) is 0 Å². The smallest absolute Gasteiger partial charge is 0.162 e. The van der Waals surface area contributed by atoms with Gasteiger partial charge in [0.05, 0.1) is 5.16 Å². The second kappa shape index (κ2) is 3.20. The van der Waals surface area contributed by atoms with Crippen LogP contribution in [0.2, 0.25) is 0 Å². The molecule has 0 fully saturated rings. The summed E-state index contributed by atoms with van der Waals surface area (Å²) in [7, 11) is 0. The Morgan fingerprint density at radius 1 is 1.60 bits per heavy atom. The van der Waals surface area contributed by atoms with E-state index in [1.807, 2.05) is 19.1 Å². The monoisotopic (exact) mass is 150 g/mol. The van der Waals surface area contributed by atoms with Crippen LogP contribution in [-0.2, 0) is 0 Å². The van der Waals surface area contributed by atoms with Gasteiger partial charge in [0.1, 0.15) is 0 Å². The van der Waals surface area contributed by atoms with Crippen molar-refractivity contribution in [2.24, 2.45) is 4.99 Å². The van der Waals surface area contributed by atoms with Gasteiger partial charge in [-0.1, -0.05) is 6.07 Å². The maximum atomic E-state index is 4.42. The lowest BCUT2D eigenvalue weighted by molar-refractivity contribution is 1.18. The molecule has 0 atom stereocenters. The lowest BCUT2D eigenvalue weighted by Crippen LogP contribution is -1.77. The number of pyridine rings is 1. The van der Waals surface area contributed by atoms with E-state index in [1.54, 1.807) is 6.07 Å². The molecule has 3 heteroatoms. The number of isothiocyanates is 1. The first-order chi connectivity index (χ1) is 4.83. The quantitative estimate of drug-likeness (QED) is 0.452. The van der Waals surface area contributed by atoms with Gasteiger partial charge in [0.15, 0.2) is 5.82 Å². The Kier molecular flexibility index (Phi) is 2.26. The van der Waals surface area contributed by atoms with Crippen molar-refractivity contribution in [3.63, 3.8) is 0 Å². The highest BCUT2D eigenvalue weighted by atomic mass is 32.1. The molecule has 0 spiro atoms. The fraction of sp³-hybridized carbons (Fsp3) is 0.143. The molecule has 0 aliphatic rings. The molecule has 10 heavy (non-hydrogen) atoms. The van der Waals surface area contributed by atoms with Crippen LogP contribution in [0, 0.1) is 6.92 Å². The molecule has 0 N–H and O–H groups in total. The normalized spacial score (nSPS) is 8.50. The van der Waals surface area contributed by atoms with Crippen molar-refractivity contribution in [1.29, 1.82) is 0 Å². The molecule has 0 amide bonds. The summed E-state index contributed by atoms with van der Waals surface area (Å²) in [4.78, 5) is 7.79. The lowest BCUT2D eigenvalue weighted by atomic mass is 10.4. The van der Waals surface area contributed by atoms with E-state index in [-0.39, 0.29) is 0 Å². The van der Waals surface area contributed by atoms with E-state index in [9.17, 15) is 0 Å². The van der Waals surface area contributed by atoms with Crippen molar-refractivity contribution in [3.05, 3.63) is 23.9 Å². The SMILES string of the molecule is Cc1cccc(N=C=S)n1. The van der Waals surface area contributed by atoms with Gasteiger partial charge in [0, 0.05) is 5.69 Å². The van der Waals surface area contributed by atoms with Crippen LogP contribution >= 0.6 is 12.2 Å². The molecular weight excluding hydrogens is 144 g/mol. The summed E-state index contributed by atoms with van der Waals surface area (Å²) in [5.74, 6) is 0.620. The topological polar surface area (TPSA) is 25.2 Å². The van der Waals surface area contributed by atoms with E-state index in [4.69, 9.17) is 0 Å². The van der Waals surface area contributed by atoms with Crippen molar-refractivity contribution in [3.8, 4) is 0 Å². The zero-order chi connectivity index (χ0) is 7.40. The van der Waals surface area contributed by atoms with E-state index in [2.05, 4.69) is 27.4 Å². The van der Waals surface area contributed by atoms with Gasteiger partial charge in [-0.2, -0.15) is 4.99 Å². The molecule has 1 rings (SSSR count). The second-order valence-electron chi connectivity index (χ2n) is 1.84. The lowest BCUT2D eigenvalue weighted by Gasteiger charge is -1.90. The number of hydrogen-bond acceptors (Lipinski definition) is 3. The summed E-state index contributed by atoms with van der Waals surface area (Å²) in [6.07, 6.45) is 0. The van der Waals surface area contributed by atoms with Crippen LogP contribution in [0.5, 0.6) is 0 Å². The first kappa shape index (κ1) is 7.06. The maximum Gasteiger partial charge on any atom is 0.162 e. The summed E-state index contributed by atoms with van der Waals surface area (Å²) >= 11 is 4.42. The average molecular weight is 150 g/mol. The van der Waals surface area contributed by atoms with Crippen LogP contribution in [-0.4, -0.2) is 10.1 Å². The van der Waals surface area contributed by atoms with E-state index in [0.29, 0.717) is 5.82 Å². The zero-order valence-electron chi connectivity index (χ0n) is 5.53. The minimum atomic E-state index is 0.620. The first-order valence-corrected chi connectivity index (χ1v) is 3.25. The molecule has 0 aromatic carbocycles. The largest absolute Gasteiger partial charge is 0.233 e. The van der Waals surface area contributed by atoms with E-state index < -0.39 is 0 Å². The van der Waals surface area contributed by atoms with Crippen LogP contribution in [0.1, 0.15) is 5.69 Å². The third-order valence-electron chi connectivity index (χ3n) is 1.03. The van der Waals surface area contributed by atoms with Crippen LogP contribution in [0.25, 0.3) is 0 Å². The van der Waals surface area contributed by atoms with E-state index in [1.165, 1.54) is 0 Å². The number of aryl methyl sites for hydroxylation is 1. The number of nitrogens with zero attached hydrogens (tertiary/aromatic N) is 2. The Morgan fingerprint density at radius 3 is 3.00 bits per heavy atom. The third kappa shape index (κ3) is 1.72. The highest BCUT2D eigenvalue weighted by Crippen LogP contribution is 2.05. The first-order valence-electron chi connectivity index (χ1n) is 2.84. The van der Waals surface area contributed by atoms with Gasteiger partial charge in [-0.25, -0.2) is 4.98 Å². The van der Waals surface area contributed by atoms with Crippen molar-refractivity contribution in [2.45, 2.75) is 6.92 Å².